The SMILES string of the molecule is CCNCCCc1ccc(C2CCCCC2)c(Cl)c1. The summed E-state index contributed by atoms with van der Waals surface area (Å²) in [6.07, 6.45) is 9.08. The monoisotopic (exact) mass is 279 g/mol. The highest BCUT2D eigenvalue weighted by atomic mass is 35.5. The molecule has 1 saturated carbocycles. The Kier molecular flexibility index (Phi) is 6.19. The van der Waals surface area contributed by atoms with E-state index in [0.29, 0.717) is 5.92 Å². The lowest BCUT2D eigenvalue weighted by Gasteiger charge is -2.23. The second-order valence-corrected chi connectivity index (χ2v) is 6.06. The van der Waals surface area contributed by atoms with E-state index in [1.54, 1.807) is 0 Å². The van der Waals surface area contributed by atoms with Crippen molar-refractivity contribution >= 4 is 11.6 Å². The molecule has 0 bridgehead atoms. The summed E-state index contributed by atoms with van der Waals surface area (Å²) in [5.74, 6) is 0.706. The molecule has 1 aromatic rings. The van der Waals surface area contributed by atoms with Gasteiger partial charge in [0.1, 0.15) is 0 Å². The first-order valence-corrected chi connectivity index (χ1v) is 8.18. The highest BCUT2D eigenvalue weighted by Crippen LogP contribution is 2.36. The molecule has 0 unspecified atom stereocenters. The maximum absolute atomic E-state index is 6.49. The number of nitrogens with one attached hydrogen (secondary N) is 1. The van der Waals surface area contributed by atoms with E-state index in [1.807, 2.05) is 0 Å². The Morgan fingerprint density at radius 2 is 2.00 bits per heavy atom. The van der Waals surface area contributed by atoms with Gasteiger partial charge >= 0.3 is 0 Å². The standard InChI is InChI=1S/C17H26ClN/c1-2-19-12-6-7-14-10-11-16(17(18)13-14)15-8-4-3-5-9-15/h10-11,13,15,19H,2-9,12H2,1H3. The van der Waals surface area contributed by atoms with Crippen molar-refractivity contribution in [3.8, 4) is 0 Å². The van der Waals surface area contributed by atoms with Gasteiger partial charge in [0.2, 0.25) is 0 Å². The number of halogens is 1. The fraction of sp³-hybridized carbons (Fsp3) is 0.647. The Balaban J connectivity index is 1.92. The molecule has 2 heteroatoms. The molecule has 0 aliphatic heterocycles. The van der Waals surface area contributed by atoms with Gasteiger partial charge in [-0.15, -0.1) is 0 Å². The lowest BCUT2D eigenvalue weighted by molar-refractivity contribution is 0.443. The summed E-state index contributed by atoms with van der Waals surface area (Å²) in [7, 11) is 0. The van der Waals surface area contributed by atoms with Gasteiger partial charge in [0, 0.05) is 5.02 Å². The van der Waals surface area contributed by atoms with Gasteiger partial charge < -0.3 is 5.32 Å². The summed E-state index contributed by atoms with van der Waals surface area (Å²) in [6, 6.07) is 6.75. The molecule has 0 radical (unpaired) electrons. The minimum Gasteiger partial charge on any atom is -0.317 e. The quantitative estimate of drug-likeness (QED) is 0.728. The highest BCUT2D eigenvalue weighted by molar-refractivity contribution is 6.31. The average molecular weight is 280 g/mol. The summed E-state index contributed by atoms with van der Waals surface area (Å²) in [6.45, 7) is 4.30. The van der Waals surface area contributed by atoms with Crippen LogP contribution in [-0.4, -0.2) is 13.1 Å². The van der Waals surface area contributed by atoms with Gasteiger partial charge in [-0.3, -0.25) is 0 Å². The van der Waals surface area contributed by atoms with E-state index >= 15 is 0 Å². The lowest BCUT2D eigenvalue weighted by Crippen LogP contribution is -2.14. The van der Waals surface area contributed by atoms with Crippen LogP contribution in [0.25, 0.3) is 0 Å². The Hall–Kier alpha value is -0.530. The number of rotatable bonds is 6. The van der Waals surface area contributed by atoms with E-state index in [9.17, 15) is 0 Å². The van der Waals surface area contributed by atoms with Crippen molar-refractivity contribution in [2.45, 2.75) is 57.8 Å². The maximum Gasteiger partial charge on any atom is 0.0443 e. The van der Waals surface area contributed by atoms with Gasteiger partial charge in [0.25, 0.3) is 0 Å². The van der Waals surface area contributed by atoms with Crippen LogP contribution in [0.2, 0.25) is 5.02 Å². The van der Waals surface area contributed by atoms with Crippen LogP contribution in [-0.2, 0) is 6.42 Å². The molecule has 0 spiro atoms. The molecular weight excluding hydrogens is 254 g/mol. The highest BCUT2D eigenvalue weighted by Gasteiger charge is 2.17. The molecule has 0 atom stereocenters. The molecule has 1 aliphatic rings. The summed E-state index contributed by atoms with van der Waals surface area (Å²) < 4.78 is 0. The van der Waals surface area contributed by atoms with E-state index < -0.39 is 0 Å². The molecule has 1 N–H and O–H groups in total. The Bertz CT molecular complexity index is 383. The lowest BCUT2D eigenvalue weighted by atomic mass is 9.84. The Labute approximate surface area is 122 Å². The summed E-state index contributed by atoms with van der Waals surface area (Å²) in [5, 5.41) is 4.36. The molecule has 0 amide bonds. The van der Waals surface area contributed by atoms with E-state index in [4.69, 9.17) is 11.6 Å². The largest absolute Gasteiger partial charge is 0.317 e. The third kappa shape index (κ3) is 4.50. The van der Waals surface area contributed by atoms with Crippen LogP contribution < -0.4 is 5.32 Å². The van der Waals surface area contributed by atoms with Gasteiger partial charge in [-0.25, -0.2) is 0 Å². The van der Waals surface area contributed by atoms with Gasteiger partial charge in [0.15, 0.2) is 0 Å². The molecule has 0 saturated heterocycles. The average Bonchev–Trinajstić information content (AvgIpc) is 2.45. The van der Waals surface area contributed by atoms with E-state index in [-0.39, 0.29) is 0 Å². The Morgan fingerprint density at radius 1 is 1.21 bits per heavy atom. The smallest absolute Gasteiger partial charge is 0.0443 e. The van der Waals surface area contributed by atoms with Crippen molar-refractivity contribution in [2.24, 2.45) is 0 Å². The van der Waals surface area contributed by atoms with Crippen molar-refractivity contribution in [1.29, 1.82) is 0 Å². The molecular formula is C17H26ClN. The minimum atomic E-state index is 0.706. The van der Waals surface area contributed by atoms with Gasteiger partial charge in [-0.1, -0.05) is 49.9 Å². The van der Waals surface area contributed by atoms with Crippen LogP contribution in [0, 0.1) is 0 Å². The fourth-order valence-electron chi connectivity index (χ4n) is 3.07. The van der Waals surface area contributed by atoms with Crippen LogP contribution in [0.15, 0.2) is 18.2 Å². The van der Waals surface area contributed by atoms with E-state index in [0.717, 1.165) is 24.5 Å². The van der Waals surface area contributed by atoms with Crippen molar-refractivity contribution in [1.82, 2.24) is 5.32 Å². The topological polar surface area (TPSA) is 12.0 Å². The normalized spacial score (nSPS) is 16.7. The number of aryl methyl sites for hydroxylation is 1. The first kappa shape index (κ1) is 14.9. The predicted molar refractivity (Wildman–Crippen MR) is 84.1 cm³/mol. The molecule has 1 aliphatic carbocycles. The molecule has 0 heterocycles. The zero-order valence-electron chi connectivity index (χ0n) is 12.1. The molecule has 1 nitrogen and oxygen atoms in total. The third-order valence-corrected chi connectivity index (χ3v) is 4.51. The number of hydrogen-bond acceptors (Lipinski definition) is 1. The van der Waals surface area contributed by atoms with Gasteiger partial charge in [-0.2, -0.15) is 0 Å². The summed E-state index contributed by atoms with van der Waals surface area (Å²) >= 11 is 6.49. The van der Waals surface area contributed by atoms with Gasteiger partial charge in [-0.05, 0) is 61.9 Å². The zero-order valence-corrected chi connectivity index (χ0v) is 12.8. The second kappa shape index (κ2) is 7.91. The van der Waals surface area contributed by atoms with Crippen molar-refractivity contribution in [3.63, 3.8) is 0 Å². The second-order valence-electron chi connectivity index (χ2n) is 5.65. The van der Waals surface area contributed by atoms with Crippen LogP contribution in [0.4, 0.5) is 0 Å². The van der Waals surface area contributed by atoms with Crippen molar-refractivity contribution in [3.05, 3.63) is 34.3 Å². The van der Waals surface area contributed by atoms with Crippen LogP contribution in [0.5, 0.6) is 0 Å². The van der Waals surface area contributed by atoms with Crippen LogP contribution in [0.1, 0.15) is 62.5 Å². The number of hydrogen-bond donors (Lipinski definition) is 1. The molecule has 1 aromatic carbocycles. The third-order valence-electron chi connectivity index (χ3n) is 4.18. The predicted octanol–water partition coefficient (Wildman–Crippen LogP) is 4.93. The van der Waals surface area contributed by atoms with E-state index in [1.165, 1.54) is 49.7 Å². The first-order valence-electron chi connectivity index (χ1n) is 7.80. The maximum atomic E-state index is 6.49. The van der Waals surface area contributed by atoms with Crippen LogP contribution >= 0.6 is 11.6 Å². The molecule has 1 fully saturated rings. The molecule has 0 aromatic heterocycles. The summed E-state index contributed by atoms with van der Waals surface area (Å²) in [4.78, 5) is 0. The molecule has 2 rings (SSSR count). The van der Waals surface area contributed by atoms with Crippen molar-refractivity contribution < 1.29 is 0 Å². The number of benzene rings is 1. The summed E-state index contributed by atoms with van der Waals surface area (Å²) in [5.41, 5.74) is 2.76. The first-order chi connectivity index (χ1) is 9.31. The molecule has 19 heavy (non-hydrogen) atoms. The zero-order chi connectivity index (χ0) is 13.5. The van der Waals surface area contributed by atoms with E-state index in [2.05, 4.69) is 30.4 Å². The molecule has 106 valence electrons. The van der Waals surface area contributed by atoms with Crippen LogP contribution in [0.3, 0.4) is 0 Å². The van der Waals surface area contributed by atoms with Crippen molar-refractivity contribution in [2.75, 3.05) is 13.1 Å². The Morgan fingerprint density at radius 3 is 2.68 bits per heavy atom. The minimum absolute atomic E-state index is 0.706. The van der Waals surface area contributed by atoms with Gasteiger partial charge in [0.05, 0.1) is 0 Å². The fourth-order valence-corrected chi connectivity index (χ4v) is 3.42.